The molecule has 0 fully saturated rings. The fourth-order valence-corrected chi connectivity index (χ4v) is 3.84. The van der Waals surface area contributed by atoms with Gasteiger partial charge in [-0.15, -0.1) is 5.10 Å². The van der Waals surface area contributed by atoms with Gasteiger partial charge in [0.2, 0.25) is 5.16 Å². The number of halogens is 1. The molecule has 0 saturated carbocycles. The van der Waals surface area contributed by atoms with E-state index in [9.17, 15) is 14.0 Å². The molecule has 1 aliphatic rings. The maximum absolute atomic E-state index is 13.2. The fourth-order valence-electron chi connectivity index (χ4n) is 3.22. The second-order valence-corrected chi connectivity index (χ2v) is 7.36. The first-order valence-electron chi connectivity index (χ1n) is 8.87. The van der Waals surface area contributed by atoms with Gasteiger partial charge in [0.1, 0.15) is 5.82 Å². The van der Waals surface area contributed by atoms with E-state index in [1.807, 2.05) is 0 Å². The van der Waals surface area contributed by atoms with Gasteiger partial charge in [0.25, 0.3) is 5.78 Å². The average molecular weight is 400 g/mol. The number of benzene rings is 1. The van der Waals surface area contributed by atoms with E-state index in [-0.39, 0.29) is 29.2 Å². The van der Waals surface area contributed by atoms with Gasteiger partial charge in [-0.1, -0.05) is 23.9 Å². The highest BCUT2D eigenvalue weighted by Crippen LogP contribution is 2.32. The molecule has 0 amide bonds. The predicted molar refractivity (Wildman–Crippen MR) is 99.9 cm³/mol. The molecule has 0 aliphatic heterocycles. The van der Waals surface area contributed by atoms with Gasteiger partial charge >= 0.3 is 5.97 Å². The lowest BCUT2D eigenvalue weighted by Gasteiger charge is -2.23. The number of thioether (sulfide) groups is 1. The van der Waals surface area contributed by atoms with Crippen LogP contribution in [0.2, 0.25) is 0 Å². The van der Waals surface area contributed by atoms with Gasteiger partial charge in [0, 0.05) is 12.6 Å². The van der Waals surface area contributed by atoms with Gasteiger partial charge in [-0.3, -0.25) is 9.59 Å². The maximum Gasteiger partial charge on any atom is 0.316 e. The zero-order valence-corrected chi connectivity index (χ0v) is 15.9. The Balaban J connectivity index is 1.58. The Morgan fingerprint density at radius 2 is 2.07 bits per heavy atom. The molecule has 28 heavy (non-hydrogen) atoms. The molecule has 144 valence electrons. The van der Waals surface area contributed by atoms with Gasteiger partial charge in [0.05, 0.1) is 23.6 Å². The molecule has 0 radical (unpaired) electrons. The number of rotatable bonds is 5. The molecule has 2 heterocycles. The van der Waals surface area contributed by atoms with E-state index in [0.29, 0.717) is 41.6 Å². The van der Waals surface area contributed by atoms with E-state index in [2.05, 4.69) is 15.1 Å². The lowest BCUT2D eigenvalue weighted by atomic mass is 9.82. The number of esters is 1. The number of Topliss-reactive ketones (excluding diaryl/α,β-unsaturated/α-hetero) is 1. The van der Waals surface area contributed by atoms with Crippen molar-refractivity contribution >= 4 is 29.3 Å². The zero-order chi connectivity index (χ0) is 19.7. The molecule has 4 rings (SSSR count). The molecule has 0 N–H and O–H groups in total. The highest BCUT2D eigenvalue weighted by atomic mass is 32.2. The van der Waals surface area contributed by atoms with Crippen molar-refractivity contribution in [3.8, 4) is 0 Å². The molecule has 3 aromatic rings. The van der Waals surface area contributed by atoms with E-state index < -0.39 is 0 Å². The van der Waals surface area contributed by atoms with Crippen LogP contribution in [0.1, 0.15) is 40.9 Å². The number of carbonyl (C=O) groups is 2. The smallest absolute Gasteiger partial charge is 0.316 e. The molecule has 2 aromatic heterocycles. The van der Waals surface area contributed by atoms with Crippen molar-refractivity contribution in [2.75, 3.05) is 12.4 Å². The number of nitrogens with zero attached hydrogens (tertiary/aromatic N) is 4. The number of fused-ring (bicyclic) bond motifs is 2. The van der Waals surface area contributed by atoms with Crippen molar-refractivity contribution in [2.45, 2.75) is 30.8 Å². The van der Waals surface area contributed by atoms with Crippen LogP contribution in [0.25, 0.3) is 5.78 Å². The summed E-state index contributed by atoms with van der Waals surface area (Å²) in [5.74, 6) is -0.232. The lowest BCUT2D eigenvalue weighted by Crippen LogP contribution is -2.21. The van der Waals surface area contributed by atoms with Crippen molar-refractivity contribution in [3.05, 3.63) is 53.1 Å². The van der Waals surface area contributed by atoms with Crippen LogP contribution in [-0.2, 0) is 16.0 Å². The average Bonchev–Trinajstić information content (AvgIpc) is 3.07. The number of ketones is 1. The molecule has 0 bridgehead atoms. The minimum atomic E-state index is -0.337. The molecule has 1 aromatic carbocycles. The van der Waals surface area contributed by atoms with Crippen LogP contribution in [0.3, 0.4) is 0 Å². The Bertz CT molecular complexity index is 1050. The second-order valence-electron chi connectivity index (χ2n) is 6.41. The summed E-state index contributed by atoms with van der Waals surface area (Å²) in [6.45, 7) is 2.07. The third-order valence-electron chi connectivity index (χ3n) is 4.53. The van der Waals surface area contributed by atoms with Gasteiger partial charge in [-0.25, -0.2) is 13.9 Å². The van der Waals surface area contributed by atoms with E-state index in [4.69, 9.17) is 4.74 Å². The molecular weight excluding hydrogens is 383 g/mol. The predicted octanol–water partition coefficient (Wildman–Crippen LogP) is 2.83. The fraction of sp³-hybridized carbons (Fsp3) is 0.316. The standard InChI is InChI=1S/C19H17FN4O3S/c1-2-27-17(26)10-28-19-22-18-21-15-7-12(11-3-5-13(20)6-4-11)8-16(25)14(15)9-24(18)23-19/h3-6,9,12H,2,7-8,10H2,1H3/t12-/m1/s1. The SMILES string of the molecule is CCOC(=O)CSc1nc2nc3c(cn2n1)C(=O)C[C@H](c1ccc(F)cc1)C3. The Morgan fingerprint density at radius 1 is 1.29 bits per heavy atom. The normalized spacial score (nSPS) is 16.2. The van der Waals surface area contributed by atoms with Gasteiger partial charge < -0.3 is 4.74 Å². The Morgan fingerprint density at radius 3 is 2.82 bits per heavy atom. The molecule has 0 unspecified atom stereocenters. The molecule has 0 saturated heterocycles. The summed E-state index contributed by atoms with van der Waals surface area (Å²) in [6.07, 6.45) is 2.55. The van der Waals surface area contributed by atoms with Crippen molar-refractivity contribution < 1.29 is 18.7 Å². The largest absolute Gasteiger partial charge is 0.465 e. The zero-order valence-electron chi connectivity index (χ0n) is 15.1. The van der Waals surface area contributed by atoms with E-state index >= 15 is 0 Å². The number of hydrogen-bond donors (Lipinski definition) is 0. The summed E-state index contributed by atoms with van der Waals surface area (Å²) in [5, 5.41) is 4.67. The summed E-state index contributed by atoms with van der Waals surface area (Å²) < 4.78 is 19.5. The summed E-state index contributed by atoms with van der Waals surface area (Å²) in [4.78, 5) is 32.9. The van der Waals surface area contributed by atoms with Crippen LogP contribution in [0, 0.1) is 5.82 Å². The Kier molecular flexibility index (Phi) is 5.08. The monoisotopic (exact) mass is 400 g/mol. The van der Waals surface area contributed by atoms with Crippen LogP contribution in [-0.4, -0.2) is 43.7 Å². The topological polar surface area (TPSA) is 86.4 Å². The van der Waals surface area contributed by atoms with Crippen LogP contribution < -0.4 is 0 Å². The van der Waals surface area contributed by atoms with E-state index in [1.165, 1.54) is 16.6 Å². The Hall–Kier alpha value is -2.81. The van der Waals surface area contributed by atoms with Crippen molar-refractivity contribution in [2.24, 2.45) is 0 Å². The quantitative estimate of drug-likeness (QED) is 0.481. The lowest BCUT2D eigenvalue weighted by molar-refractivity contribution is -0.139. The third kappa shape index (κ3) is 3.75. The van der Waals surface area contributed by atoms with Gasteiger partial charge in [0.15, 0.2) is 5.78 Å². The Labute approximate surface area is 164 Å². The van der Waals surface area contributed by atoms with Crippen molar-refractivity contribution in [1.29, 1.82) is 0 Å². The van der Waals surface area contributed by atoms with Gasteiger partial charge in [-0.2, -0.15) is 4.98 Å². The number of ether oxygens (including phenoxy) is 1. The molecule has 7 nitrogen and oxygen atoms in total. The first kappa shape index (κ1) is 18.5. The van der Waals surface area contributed by atoms with Crippen LogP contribution in [0.4, 0.5) is 4.39 Å². The minimum Gasteiger partial charge on any atom is -0.465 e. The molecule has 1 aliphatic carbocycles. The van der Waals surface area contributed by atoms with Gasteiger partial charge in [-0.05, 0) is 37.0 Å². The van der Waals surface area contributed by atoms with Crippen LogP contribution in [0.5, 0.6) is 0 Å². The summed E-state index contributed by atoms with van der Waals surface area (Å²) in [5.41, 5.74) is 2.10. The molecule has 9 heteroatoms. The van der Waals surface area contributed by atoms with Crippen LogP contribution >= 0.6 is 11.8 Å². The maximum atomic E-state index is 13.2. The molecule has 1 atom stereocenters. The highest BCUT2D eigenvalue weighted by molar-refractivity contribution is 7.99. The van der Waals surface area contributed by atoms with E-state index in [1.54, 1.807) is 25.3 Å². The number of hydrogen-bond acceptors (Lipinski definition) is 7. The summed E-state index contributed by atoms with van der Waals surface area (Å²) in [6, 6.07) is 6.21. The summed E-state index contributed by atoms with van der Waals surface area (Å²) >= 11 is 1.16. The highest BCUT2D eigenvalue weighted by Gasteiger charge is 2.28. The summed E-state index contributed by atoms with van der Waals surface area (Å²) in [7, 11) is 0. The van der Waals surface area contributed by atoms with Crippen molar-refractivity contribution in [1.82, 2.24) is 19.6 Å². The van der Waals surface area contributed by atoms with E-state index in [0.717, 1.165) is 17.3 Å². The third-order valence-corrected chi connectivity index (χ3v) is 5.34. The molecular formula is C19H17FN4O3S. The number of aromatic nitrogens is 4. The minimum absolute atomic E-state index is 0.0267. The first-order chi connectivity index (χ1) is 13.5. The molecule has 0 spiro atoms. The first-order valence-corrected chi connectivity index (χ1v) is 9.85. The number of carbonyl (C=O) groups excluding carboxylic acids is 2. The van der Waals surface area contributed by atoms with Crippen LogP contribution in [0.15, 0.2) is 35.6 Å². The second kappa shape index (κ2) is 7.67. The van der Waals surface area contributed by atoms with Crippen molar-refractivity contribution in [3.63, 3.8) is 0 Å².